The van der Waals surface area contributed by atoms with Gasteiger partial charge in [0, 0.05) is 17.5 Å². The van der Waals surface area contributed by atoms with Crippen LogP contribution in [0.15, 0.2) is 24.3 Å². The highest BCUT2D eigenvalue weighted by Crippen LogP contribution is 2.23. The van der Waals surface area contributed by atoms with Gasteiger partial charge in [0.25, 0.3) is 0 Å². The van der Waals surface area contributed by atoms with Crippen molar-refractivity contribution in [3.8, 4) is 5.88 Å². The van der Waals surface area contributed by atoms with E-state index in [4.69, 9.17) is 10.5 Å². The summed E-state index contributed by atoms with van der Waals surface area (Å²) in [6.07, 6.45) is 3.56. The maximum Gasteiger partial charge on any atom is 0.218 e. The normalized spacial score (nSPS) is 10.8. The molecular weight excluding hydrogens is 224 g/mol. The second-order valence-corrected chi connectivity index (χ2v) is 4.49. The Balaban J connectivity index is 2.42. The van der Waals surface area contributed by atoms with Gasteiger partial charge in [0.2, 0.25) is 5.88 Å². The molecule has 1 aromatic heterocycles. The van der Waals surface area contributed by atoms with E-state index in [0.29, 0.717) is 12.4 Å². The van der Waals surface area contributed by atoms with Gasteiger partial charge in [-0.2, -0.15) is 0 Å². The Morgan fingerprint density at radius 3 is 2.78 bits per heavy atom. The van der Waals surface area contributed by atoms with Crippen LogP contribution in [0.3, 0.4) is 0 Å². The summed E-state index contributed by atoms with van der Waals surface area (Å²) < 4.78 is 5.25. The number of aryl methyl sites for hydroxylation is 1. The number of methoxy groups -OCH3 is 1. The molecule has 2 aromatic rings. The Kier molecular flexibility index (Phi) is 4.15. The minimum atomic E-state index is 0.450. The summed E-state index contributed by atoms with van der Waals surface area (Å²) in [4.78, 5) is 4.48. The molecule has 96 valence electrons. The standard InChI is InChI=1S/C15H20N2O/c1-3-4-5-11-6-7-14-12(8-11)9-13(10-16)15(17-14)18-2/h6-9H,3-5,10,16H2,1-2H3. The number of hydrogen-bond acceptors (Lipinski definition) is 3. The number of benzene rings is 1. The van der Waals surface area contributed by atoms with E-state index in [1.165, 1.54) is 18.4 Å². The number of aromatic nitrogens is 1. The highest BCUT2D eigenvalue weighted by atomic mass is 16.5. The zero-order chi connectivity index (χ0) is 13.0. The Morgan fingerprint density at radius 1 is 1.28 bits per heavy atom. The van der Waals surface area contributed by atoms with Crippen LogP contribution < -0.4 is 10.5 Å². The molecule has 0 aliphatic heterocycles. The molecule has 1 aromatic carbocycles. The topological polar surface area (TPSA) is 48.1 Å². The third kappa shape index (κ3) is 2.62. The second-order valence-electron chi connectivity index (χ2n) is 4.49. The smallest absolute Gasteiger partial charge is 0.218 e. The first kappa shape index (κ1) is 12.8. The second kappa shape index (κ2) is 5.83. The maximum atomic E-state index is 5.72. The van der Waals surface area contributed by atoms with E-state index in [2.05, 4.69) is 36.2 Å². The molecule has 0 bridgehead atoms. The van der Waals surface area contributed by atoms with Crippen molar-refractivity contribution in [3.05, 3.63) is 35.4 Å². The highest BCUT2D eigenvalue weighted by Gasteiger charge is 2.06. The van der Waals surface area contributed by atoms with Crippen LogP contribution in [0.5, 0.6) is 5.88 Å². The van der Waals surface area contributed by atoms with Gasteiger partial charge in [-0.3, -0.25) is 0 Å². The van der Waals surface area contributed by atoms with Gasteiger partial charge < -0.3 is 10.5 Å². The predicted molar refractivity (Wildman–Crippen MR) is 74.8 cm³/mol. The molecule has 3 heteroatoms. The first-order valence-corrected chi connectivity index (χ1v) is 6.45. The summed E-state index contributed by atoms with van der Waals surface area (Å²) in [6, 6.07) is 8.49. The maximum absolute atomic E-state index is 5.72. The molecule has 0 saturated carbocycles. The molecule has 0 saturated heterocycles. The lowest BCUT2D eigenvalue weighted by Gasteiger charge is -2.08. The van der Waals surface area contributed by atoms with Crippen LogP contribution in [-0.4, -0.2) is 12.1 Å². The van der Waals surface area contributed by atoms with Crippen molar-refractivity contribution in [1.29, 1.82) is 0 Å². The molecule has 1 heterocycles. The summed E-state index contributed by atoms with van der Waals surface area (Å²) in [5, 5.41) is 1.14. The first-order chi connectivity index (χ1) is 8.78. The fourth-order valence-electron chi connectivity index (χ4n) is 2.11. The largest absolute Gasteiger partial charge is 0.481 e. The monoisotopic (exact) mass is 244 g/mol. The molecule has 2 rings (SSSR count). The van der Waals surface area contributed by atoms with Gasteiger partial charge in [0.15, 0.2) is 0 Å². The SMILES string of the molecule is CCCCc1ccc2nc(OC)c(CN)cc2c1. The number of pyridine rings is 1. The lowest BCUT2D eigenvalue weighted by molar-refractivity contribution is 0.394. The quantitative estimate of drug-likeness (QED) is 0.879. The molecule has 0 unspecified atom stereocenters. The van der Waals surface area contributed by atoms with Crippen molar-refractivity contribution >= 4 is 10.9 Å². The molecule has 0 amide bonds. The third-order valence-corrected chi connectivity index (χ3v) is 3.15. The number of nitrogens with two attached hydrogens (primary N) is 1. The number of nitrogens with zero attached hydrogens (tertiary/aromatic N) is 1. The predicted octanol–water partition coefficient (Wildman–Crippen LogP) is 3.04. The van der Waals surface area contributed by atoms with Crippen LogP contribution in [0.25, 0.3) is 10.9 Å². The lowest BCUT2D eigenvalue weighted by Crippen LogP contribution is -2.02. The minimum absolute atomic E-state index is 0.450. The summed E-state index contributed by atoms with van der Waals surface area (Å²) >= 11 is 0. The van der Waals surface area contributed by atoms with Gasteiger partial charge in [-0.15, -0.1) is 0 Å². The Morgan fingerprint density at radius 2 is 2.11 bits per heavy atom. The van der Waals surface area contributed by atoms with Gasteiger partial charge in [0.1, 0.15) is 0 Å². The van der Waals surface area contributed by atoms with Gasteiger partial charge in [-0.1, -0.05) is 19.4 Å². The molecular formula is C15H20N2O. The Labute approximate surface area is 108 Å². The van der Waals surface area contributed by atoms with E-state index in [1.54, 1.807) is 7.11 Å². The Bertz CT molecular complexity index is 537. The van der Waals surface area contributed by atoms with Gasteiger partial charge in [-0.05, 0) is 36.6 Å². The summed E-state index contributed by atoms with van der Waals surface area (Å²) in [6.45, 7) is 2.66. The third-order valence-electron chi connectivity index (χ3n) is 3.15. The van der Waals surface area contributed by atoms with Crippen LogP contribution in [0.2, 0.25) is 0 Å². The minimum Gasteiger partial charge on any atom is -0.481 e. The van der Waals surface area contributed by atoms with Gasteiger partial charge >= 0.3 is 0 Å². The number of fused-ring (bicyclic) bond motifs is 1. The van der Waals surface area contributed by atoms with E-state index in [-0.39, 0.29) is 0 Å². The number of ether oxygens (including phenoxy) is 1. The molecule has 2 N–H and O–H groups in total. The average molecular weight is 244 g/mol. The molecule has 0 radical (unpaired) electrons. The van der Waals surface area contributed by atoms with E-state index in [9.17, 15) is 0 Å². The van der Waals surface area contributed by atoms with Crippen molar-refractivity contribution in [3.63, 3.8) is 0 Å². The van der Waals surface area contributed by atoms with Gasteiger partial charge in [-0.25, -0.2) is 4.98 Å². The summed E-state index contributed by atoms with van der Waals surface area (Å²) in [7, 11) is 1.63. The zero-order valence-corrected chi connectivity index (χ0v) is 11.1. The molecule has 0 aliphatic rings. The van der Waals surface area contributed by atoms with Crippen molar-refractivity contribution in [2.75, 3.05) is 7.11 Å². The zero-order valence-electron chi connectivity index (χ0n) is 11.1. The van der Waals surface area contributed by atoms with E-state index >= 15 is 0 Å². The lowest BCUT2D eigenvalue weighted by atomic mass is 10.0. The number of unbranched alkanes of at least 4 members (excludes halogenated alkanes) is 1. The van der Waals surface area contributed by atoms with Crippen LogP contribution in [0.4, 0.5) is 0 Å². The molecule has 0 aliphatic carbocycles. The molecule has 18 heavy (non-hydrogen) atoms. The molecule has 3 nitrogen and oxygen atoms in total. The van der Waals surface area contributed by atoms with E-state index in [1.807, 2.05) is 0 Å². The van der Waals surface area contributed by atoms with Crippen LogP contribution >= 0.6 is 0 Å². The van der Waals surface area contributed by atoms with Crippen molar-refractivity contribution in [2.45, 2.75) is 32.7 Å². The van der Waals surface area contributed by atoms with Crippen molar-refractivity contribution in [2.24, 2.45) is 5.73 Å². The molecule has 0 atom stereocenters. The van der Waals surface area contributed by atoms with Gasteiger partial charge in [0.05, 0.1) is 12.6 Å². The fourth-order valence-corrected chi connectivity index (χ4v) is 2.11. The number of hydrogen-bond donors (Lipinski definition) is 1. The Hall–Kier alpha value is -1.61. The summed E-state index contributed by atoms with van der Waals surface area (Å²) in [5.41, 5.74) is 8.99. The van der Waals surface area contributed by atoms with Crippen LogP contribution in [-0.2, 0) is 13.0 Å². The van der Waals surface area contributed by atoms with E-state index in [0.717, 1.165) is 22.9 Å². The number of rotatable bonds is 5. The van der Waals surface area contributed by atoms with Crippen molar-refractivity contribution < 1.29 is 4.74 Å². The molecule has 0 spiro atoms. The highest BCUT2D eigenvalue weighted by molar-refractivity contribution is 5.81. The summed E-state index contributed by atoms with van der Waals surface area (Å²) in [5.74, 6) is 0.631. The van der Waals surface area contributed by atoms with Crippen LogP contribution in [0, 0.1) is 0 Å². The van der Waals surface area contributed by atoms with E-state index < -0.39 is 0 Å². The van der Waals surface area contributed by atoms with Crippen molar-refractivity contribution in [1.82, 2.24) is 4.98 Å². The first-order valence-electron chi connectivity index (χ1n) is 6.45. The van der Waals surface area contributed by atoms with Crippen LogP contribution in [0.1, 0.15) is 30.9 Å². The average Bonchev–Trinajstić information content (AvgIpc) is 2.43. The fraction of sp³-hybridized carbons (Fsp3) is 0.400. The molecule has 0 fully saturated rings.